The average molecular weight is 485 g/mol. The van der Waals surface area contributed by atoms with Gasteiger partial charge in [-0.1, -0.05) is 54.1 Å². The molecule has 2 aromatic carbocycles. The van der Waals surface area contributed by atoms with E-state index in [1.54, 1.807) is 18.3 Å². The molecule has 3 rings (SSSR count). The Labute approximate surface area is 203 Å². The molecule has 0 aliphatic heterocycles. The molecule has 0 bridgehead atoms. The first-order valence-corrected chi connectivity index (χ1v) is 11.5. The number of benzene rings is 2. The van der Waals surface area contributed by atoms with Crippen molar-refractivity contribution in [3.8, 4) is 0 Å². The maximum Gasteiger partial charge on any atom is 0.412 e. The van der Waals surface area contributed by atoms with Crippen LogP contribution >= 0.6 is 11.6 Å². The number of carbonyl (C=O) groups excluding carboxylic acids is 2. The summed E-state index contributed by atoms with van der Waals surface area (Å²) in [6.07, 6.45) is 2.80. The highest BCUT2D eigenvalue weighted by molar-refractivity contribution is 6.31. The molecule has 180 valence electrons. The van der Waals surface area contributed by atoms with E-state index in [4.69, 9.17) is 21.4 Å². The van der Waals surface area contributed by atoms with Crippen molar-refractivity contribution in [2.24, 2.45) is 0 Å². The van der Waals surface area contributed by atoms with Gasteiger partial charge in [-0.15, -0.1) is 0 Å². The summed E-state index contributed by atoms with van der Waals surface area (Å²) in [5.74, 6) is 0.155. The summed E-state index contributed by atoms with van der Waals surface area (Å²) in [5, 5.41) is 15.8. The minimum Gasteiger partial charge on any atom is -0.447 e. The van der Waals surface area contributed by atoms with E-state index in [-0.39, 0.29) is 19.1 Å². The van der Waals surface area contributed by atoms with E-state index in [0.717, 1.165) is 16.3 Å². The molecule has 8 nitrogen and oxygen atoms in total. The molecule has 0 spiro atoms. The fourth-order valence-corrected chi connectivity index (χ4v) is 3.76. The van der Waals surface area contributed by atoms with E-state index in [9.17, 15) is 9.59 Å². The number of ether oxygens (including phenoxy) is 1. The monoisotopic (exact) mass is 484 g/mol. The van der Waals surface area contributed by atoms with Crippen LogP contribution in [0.5, 0.6) is 0 Å². The molecule has 0 saturated carbocycles. The zero-order valence-corrected chi connectivity index (χ0v) is 19.8. The number of aromatic nitrogens is 1. The lowest BCUT2D eigenvalue weighted by molar-refractivity contribution is -0.136. The first kappa shape index (κ1) is 25.4. The molecule has 1 heterocycles. The Balaban J connectivity index is 1.63. The van der Waals surface area contributed by atoms with Crippen molar-refractivity contribution in [3.05, 3.63) is 71.4 Å². The van der Waals surface area contributed by atoms with Gasteiger partial charge in [0.05, 0.1) is 6.04 Å². The van der Waals surface area contributed by atoms with E-state index in [1.165, 1.54) is 11.9 Å². The second-order valence-electron chi connectivity index (χ2n) is 7.83. The normalized spacial score (nSPS) is 11.7. The average Bonchev–Trinajstić information content (AvgIpc) is 2.83. The highest BCUT2D eigenvalue weighted by atomic mass is 35.5. The van der Waals surface area contributed by atoms with Gasteiger partial charge in [-0.05, 0) is 42.3 Å². The molecule has 9 heteroatoms. The van der Waals surface area contributed by atoms with Gasteiger partial charge in [0.15, 0.2) is 0 Å². The van der Waals surface area contributed by atoms with Crippen LogP contribution in [0.25, 0.3) is 10.8 Å². The van der Waals surface area contributed by atoms with Crippen molar-refractivity contribution in [3.63, 3.8) is 0 Å². The van der Waals surface area contributed by atoms with Gasteiger partial charge < -0.3 is 9.84 Å². The maximum atomic E-state index is 12.4. The topological polar surface area (TPSA) is 104 Å². The maximum absolute atomic E-state index is 12.4. The SMILES string of the molecule is CC(=O)N(NCc1ccccc1Cl)[C@H](CCCCO)COC(=O)Nc1cc2ccccc2cn1. The van der Waals surface area contributed by atoms with Gasteiger partial charge in [0.2, 0.25) is 5.91 Å². The lowest BCUT2D eigenvalue weighted by Crippen LogP contribution is -2.50. The molecule has 1 aromatic heterocycles. The van der Waals surface area contributed by atoms with E-state index in [0.29, 0.717) is 36.6 Å². The fraction of sp³-hybridized carbons (Fsp3) is 0.320. The Morgan fingerprint density at radius 2 is 1.85 bits per heavy atom. The van der Waals surface area contributed by atoms with Crippen LogP contribution in [-0.4, -0.2) is 46.4 Å². The Hall–Kier alpha value is -3.20. The first-order valence-electron chi connectivity index (χ1n) is 11.1. The largest absolute Gasteiger partial charge is 0.447 e. The zero-order chi connectivity index (χ0) is 24.3. The lowest BCUT2D eigenvalue weighted by Gasteiger charge is -2.31. The highest BCUT2D eigenvalue weighted by Gasteiger charge is 2.23. The molecule has 0 aliphatic rings. The number of hydrazine groups is 1. The van der Waals surface area contributed by atoms with E-state index in [1.807, 2.05) is 42.5 Å². The summed E-state index contributed by atoms with van der Waals surface area (Å²) in [4.78, 5) is 29.1. The summed E-state index contributed by atoms with van der Waals surface area (Å²) in [5.41, 5.74) is 3.95. The summed E-state index contributed by atoms with van der Waals surface area (Å²) >= 11 is 6.23. The Morgan fingerprint density at radius 1 is 1.12 bits per heavy atom. The second kappa shape index (κ2) is 12.9. The number of nitrogens with one attached hydrogen (secondary N) is 2. The van der Waals surface area contributed by atoms with E-state index in [2.05, 4.69) is 15.7 Å². The molecule has 3 N–H and O–H groups in total. The Kier molecular flexibility index (Phi) is 9.63. The summed E-state index contributed by atoms with van der Waals surface area (Å²) in [6.45, 7) is 1.80. The number of aliphatic hydroxyl groups excluding tert-OH is 1. The third-order valence-electron chi connectivity index (χ3n) is 5.32. The first-order chi connectivity index (χ1) is 16.5. The number of unbranched alkanes of at least 4 members (excludes halogenated alkanes) is 1. The van der Waals surface area contributed by atoms with Gasteiger partial charge in [0.25, 0.3) is 0 Å². The molecule has 0 unspecified atom stereocenters. The third kappa shape index (κ3) is 7.41. The van der Waals surface area contributed by atoms with Crippen molar-refractivity contribution in [1.29, 1.82) is 0 Å². The number of aliphatic hydroxyl groups is 1. The van der Waals surface area contributed by atoms with Crippen LogP contribution in [0.4, 0.5) is 10.6 Å². The molecule has 0 aliphatic carbocycles. The third-order valence-corrected chi connectivity index (χ3v) is 5.68. The lowest BCUT2D eigenvalue weighted by atomic mass is 10.1. The van der Waals surface area contributed by atoms with Crippen LogP contribution in [0.15, 0.2) is 60.8 Å². The van der Waals surface area contributed by atoms with Gasteiger partial charge in [0.1, 0.15) is 12.4 Å². The van der Waals surface area contributed by atoms with Crippen LogP contribution in [0.3, 0.4) is 0 Å². The number of anilines is 1. The molecule has 3 aromatic rings. The molecular weight excluding hydrogens is 456 g/mol. The number of hydrogen-bond acceptors (Lipinski definition) is 6. The van der Waals surface area contributed by atoms with Crippen LogP contribution in [0, 0.1) is 0 Å². The number of nitrogens with zero attached hydrogens (tertiary/aromatic N) is 2. The van der Waals surface area contributed by atoms with Gasteiger partial charge in [-0.2, -0.15) is 0 Å². The number of halogens is 1. The van der Waals surface area contributed by atoms with Crippen molar-refractivity contribution >= 4 is 40.2 Å². The Bertz CT molecular complexity index is 1110. The zero-order valence-electron chi connectivity index (χ0n) is 19.0. The minimum absolute atomic E-state index is 0.0278. The number of carbonyl (C=O) groups is 2. The molecule has 34 heavy (non-hydrogen) atoms. The second-order valence-corrected chi connectivity index (χ2v) is 8.24. The number of amides is 2. The van der Waals surface area contributed by atoms with Crippen molar-refractivity contribution in [1.82, 2.24) is 15.4 Å². The smallest absolute Gasteiger partial charge is 0.412 e. The van der Waals surface area contributed by atoms with E-state index >= 15 is 0 Å². The summed E-state index contributed by atoms with van der Waals surface area (Å²) in [7, 11) is 0. The van der Waals surface area contributed by atoms with Gasteiger partial charge in [-0.3, -0.25) is 15.1 Å². The molecule has 1 atom stereocenters. The predicted molar refractivity (Wildman–Crippen MR) is 132 cm³/mol. The summed E-state index contributed by atoms with van der Waals surface area (Å²) < 4.78 is 5.45. The van der Waals surface area contributed by atoms with Crippen LogP contribution in [-0.2, 0) is 16.1 Å². The minimum atomic E-state index is -0.662. The highest BCUT2D eigenvalue weighted by Crippen LogP contribution is 2.17. The standard InChI is InChI=1S/C25H29ClN4O4/c1-18(32)30(28-16-21-10-4-5-12-23(21)26)22(11-6-7-13-31)17-34-25(33)29-24-14-19-8-2-3-9-20(19)15-27-24/h2-5,8-10,12,14-15,22,28,31H,6-7,11,13,16-17H2,1H3,(H,27,29,33)/t22-/m1/s1. The molecule has 0 saturated heterocycles. The van der Waals surface area contributed by atoms with Gasteiger partial charge in [0, 0.05) is 36.7 Å². The van der Waals surface area contributed by atoms with Crippen LogP contribution < -0.4 is 10.7 Å². The predicted octanol–water partition coefficient (Wildman–Crippen LogP) is 4.52. The molecule has 2 amide bonds. The Morgan fingerprint density at radius 3 is 2.59 bits per heavy atom. The van der Waals surface area contributed by atoms with Gasteiger partial charge in [-0.25, -0.2) is 15.2 Å². The fourth-order valence-electron chi connectivity index (χ4n) is 3.55. The van der Waals surface area contributed by atoms with E-state index < -0.39 is 12.1 Å². The molecule has 0 fully saturated rings. The van der Waals surface area contributed by atoms with Crippen LogP contribution in [0.1, 0.15) is 31.7 Å². The number of hydrogen-bond donors (Lipinski definition) is 3. The quantitative estimate of drug-likeness (QED) is 0.273. The van der Waals surface area contributed by atoms with Crippen LogP contribution in [0.2, 0.25) is 5.02 Å². The number of pyridine rings is 1. The van der Waals surface area contributed by atoms with Crippen molar-refractivity contribution in [2.45, 2.75) is 38.8 Å². The van der Waals surface area contributed by atoms with Crippen molar-refractivity contribution < 1.29 is 19.4 Å². The summed E-state index contributed by atoms with van der Waals surface area (Å²) in [6, 6.07) is 16.4. The van der Waals surface area contributed by atoms with Crippen molar-refractivity contribution in [2.75, 3.05) is 18.5 Å². The molecular formula is C25H29ClN4O4. The van der Waals surface area contributed by atoms with Gasteiger partial charge >= 0.3 is 6.09 Å². The number of fused-ring (bicyclic) bond motifs is 1. The molecule has 0 radical (unpaired) electrons. The number of rotatable bonds is 11.